The Bertz CT molecular complexity index is 989. The molecule has 0 bridgehead atoms. The standard InChI is InChI=1S/C30H48O24/c31-7-25-13-43-37-1-19(25)49-26(8-32)14-44-38-2-20(26)51-28(10-34)16-46-40-4-22(28)53-30(12-36)18-48-42-6-24(30)54-29(11-35)17-47-41-5-23(29)52-27(9-33)15-45-39-3-21(27)50-25/h19-24,31-36H,1-18H2. The van der Waals surface area contributed by atoms with Crippen molar-refractivity contribution >= 4 is 0 Å². The summed E-state index contributed by atoms with van der Waals surface area (Å²) in [6.45, 7) is -9.35. The van der Waals surface area contributed by atoms with Crippen LogP contribution in [0.3, 0.4) is 0 Å². The molecule has 0 spiro atoms. The van der Waals surface area contributed by atoms with Crippen LogP contribution in [-0.4, -0.2) is 220 Å². The Hall–Kier alpha value is -0.960. The first-order chi connectivity index (χ1) is 26.2. The van der Waals surface area contributed by atoms with E-state index in [9.17, 15) is 30.6 Å². The maximum atomic E-state index is 11.0. The molecular weight excluding hydrogens is 744 g/mol. The van der Waals surface area contributed by atoms with Gasteiger partial charge in [-0.3, -0.25) is 0 Å². The lowest BCUT2D eigenvalue weighted by Crippen LogP contribution is -2.73. The van der Waals surface area contributed by atoms with Gasteiger partial charge in [0.05, 0.1) is 39.6 Å². The summed E-state index contributed by atoms with van der Waals surface area (Å²) in [6.07, 6.45) is -7.58. The lowest BCUT2D eigenvalue weighted by molar-refractivity contribution is -0.470. The van der Waals surface area contributed by atoms with Crippen LogP contribution in [0.5, 0.6) is 0 Å². The van der Waals surface area contributed by atoms with Gasteiger partial charge in [0.1, 0.15) is 150 Å². The fourth-order valence-corrected chi connectivity index (χ4v) is 7.29. The van der Waals surface area contributed by atoms with E-state index in [2.05, 4.69) is 0 Å². The van der Waals surface area contributed by atoms with E-state index in [-0.39, 0.29) is 39.6 Å². The molecule has 0 aromatic rings. The molecule has 7 saturated heterocycles. The molecule has 7 fully saturated rings. The molecule has 0 amide bonds. The van der Waals surface area contributed by atoms with Gasteiger partial charge in [0.2, 0.25) is 0 Å². The Morgan fingerprint density at radius 1 is 0.259 bits per heavy atom. The summed E-state index contributed by atoms with van der Waals surface area (Å²) in [5, 5.41) is 66.1. The molecule has 7 rings (SSSR count). The minimum Gasteiger partial charge on any atom is -0.393 e. The van der Waals surface area contributed by atoms with Crippen LogP contribution in [0.4, 0.5) is 0 Å². The normalized spacial score (nSPS) is 48.3. The molecule has 0 radical (unpaired) electrons. The van der Waals surface area contributed by atoms with Crippen LogP contribution < -0.4 is 0 Å². The smallest absolute Gasteiger partial charge is 0.146 e. The molecule has 0 saturated carbocycles. The van der Waals surface area contributed by atoms with E-state index >= 15 is 0 Å². The van der Waals surface area contributed by atoms with Crippen LogP contribution in [0, 0.1) is 0 Å². The summed E-state index contributed by atoms with van der Waals surface area (Å²) in [7, 11) is 0. The number of fused-ring (bicyclic) bond motifs is 6. The second-order valence-electron chi connectivity index (χ2n) is 14.3. The zero-order chi connectivity index (χ0) is 37.9. The van der Waals surface area contributed by atoms with E-state index in [1.165, 1.54) is 0 Å². The molecule has 0 aromatic heterocycles. The van der Waals surface area contributed by atoms with Crippen molar-refractivity contribution in [2.45, 2.75) is 70.2 Å². The Morgan fingerprint density at radius 3 is 0.537 bits per heavy atom. The Balaban J connectivity index is 1.36. The van der Waals surface area contributed by atoms with Crippen LogP contribution in [0.15, 0.2) is 0 Å². The lowest BCUT2D eigenvalue weighted by atomic mass is 9.89. The number of hydrogen-bond acceptors (Lipinski definition) is 24. The van der Waals surface area contributed by atoms with E-state index in [0.29, 0.717) is 0 Å². The molecule has 7 heterocycles. The molecular formula is C30H48O24. The van der Waals surface area contributed by atoms with Crippen molar-refractivity contribution in [3.05, 3.63) is 0 Å². The number of hydrogen-bond donors (Lipinski definition) is 6. The number of aliphatic hydroxyl groups is 6. The van der Waals surface area contributed by atoms with Crippen LogP contribution in [0.25, 0.3) is 0 Å². The van der Waals surface area contributed by atoms with Gasteiger partial charge in [-0.05, 0) is 0 Å². The van der Waals surface area contributed by atoms with Crippen molar-refractivity contribution in [2.75, 3.05) is 119 Å². The minimum atomic E-state index is -1.80. The van der Waals surface area contributed by atoms with E-state index in [1.54, 1.807) is 0 Å². The molecule has 24 nitrogen and oxygen atoms in total. The maximum absolute atomic E-state index is 11.0. The summed E-state index contributed by atoms with van der Waals surface area (Å²) >= 11 is 0. The number of rotatable bonds is 6. The number of aliphatic hydroxyl groups excluding tert-OH is 6. The van der Waals surface area contributed by atoms with Crippen molar-refractivity contribution < 1.29 is 118 Å². The topological polar surface area (TPSA) is 288 Å². The van der Waals surface area contributed by atoms with Gasteiger partial charge in [-0.2, -0.15) is 0 Å². The van der Waals surface area contributed by atoms with Crippen LogP contribution in [-0.2, 0) is 87.1 Å². The molecule has 6 N–H and O–H groups in total. The lowest BCUT2D eigenvalue weighted by Gasteiger charge is -2.55. The van der Waals surface area contributed by atoms with Crippen molar-refractivity contribution in [1.29, 1.82) is 0 Å². The van der Waals surface area contributed by atoms with Gasteiger partial charge in [0.15, 0.2) is 0 Å². The first-order valence-electron chi connectivity index (χ1n) is 17.4. The zero-order valence-corrected chi connectivity index (χ0v) is 29.2. The third-order valence-electron chi connectivity index (χ3n) is 11.0. The van der Waals surface area contributed by atoms with Crippen molar-refractivity contribution in [3.8, 4) is 0 Å². The highest BCUT2D eigenvalue weighted by Gasteiger charge is 2.62. The van der Waals surface area contributed by atoms with Gasteiger partial charge in [-0.25, -0.2) is 58.7 Å². The summed E-state index contributed by atoms with van der Waals surface area (Å²) in [5.41, 5.74) is -10.8. The Kier molecular flexibility index (Phi) is 13.0. The van der Waals surface area contributed by atoms with Crippen molar-refractivity contribution in [2.24, 2.45) is 0 Å². The first-order valence-corrected chi connectivity index (χ1v) is 17.4. The molecule has 12 atom stereocenters. The SMILES string of the molecule is OCC12COOCC1OC1(CO)COOCC1OC1(CO)COOCC1OC1(CO)COOCC1OC1(CO)COOCC1OC1(CO)COOCC1O2. The molecule has 7 aliphatic rings. The summed E-state index contributed by atoms with van der Waals surface area (Å²) in [6, 6.07) is 0. The number of ether oxygens (including phenoxy) is 6. The summed E-state index contributed by atoms with van der Waals surface area (Å²) in [4.78, 5) is 63.6. The van der Waals surface area contributed by atoms with Crippen molar-refractivity contribution in [1.82, 2.24) is 0 Å². The van der Waals surface area contributed by atoms with Gasteiger partial charge in [-0.15, -0.1) is 0 Å². The highest BCUT2D eigenvalue weighted by molar-refractivity contribution is 5.06. The summed E-state index contributed by atoms with van der Waals surface area (Å²) < 4.78 is 39.5. The minimum absolute atomic E-state index is 0.363. The third kappa shape index (κ3) is 7.44. The molecule has 0 aliphatic carbocycles. The third-order valence-corrected chi connectivity index (χ3v) is 11.0. The maximum Gasteiger partial charge on any atom is 0.146 e. The van der Waals surface area contributed by atoms with Gasteiger partial charge in [0.25, 0.3) is 0 Å². The molecule has 12 unspecified atom stereocenters. The van der Waals surface area contributed by atoms with Crippen LogP contribution in [0.2, 0.25) is 0 Å². The van der Waals surface area contributed by atoms with E-state index < -0.39 is 150 Å². The summed E-state index contributed by atoms with van der Waals surface area (Å²) in [5.74, 6) is 0. The fourth-order valence-electron chi connectivity index (χ4n) is 7.29. The first kappa shape index (κ1) is 41.2. The van der Waals surface area contributed by atoms with E-state index in [0.717, 1.165) is 0 Å². The van der Waals surface area contributed by atoms with Gasteiger partial charge in [-0.1, -0.05) is 0 Å². The fraction of sp³-hybridized carbons (Fsp3) is 1.00. The molecule has 312 valence electrons. The molecule has 0 aromatic carbocycles. The van der Waals surface area contributed by atoms with Gasteiger partial charge >= 0.3 is 0 Å². The second-order valence-corrected chi connectivity index (χ2v) is 14.3. The predicted octanol–water partition coefficient (Wildman–Crippen LogP) is -5.53. The highest BCUT2D eigenvalue weighted by atomic mass is 17.2. The van der Waals surface area contributed by atoms with Crippen molar-refractivity contribution in [3.63, 3.8) is 0 Å². The molecule has 7 aliphatic heterocycles. The molecule has 24 heteroatoms. The average Bonchev–Trinajstić information content (AvgIpc) is 3.22. The largest absolute Gasteiger partial charge is 0.393 e. The Labute approximate surface area is 307 Å². The molecule has 54 heavy (non-hydrogen) atoms. The average molecular weight is 793 g/mol. The monoisotopic (exact) mass is 792 g/mol. The zero-order valence-electron chi connectivity index (χ0n) is 29.2. The quantitative estimate of drug-likeness (QED) is 0.137. The van der Waals surface area contributed by atoms with E-state index in [1.807, 2.05) is 0 Å². The van der Waals surface area contributed by atoms with Crippen LogP contribution >= 0.6 is 0 Å². The van der Waals surface area contributed by atoms with E-state index in [4.69, 9.17) is 87.1 Å². The highest BCUT2D eigenvalue weighted by Crippen LogP contribution is 2.42. The second kappa shape index (κ2) is 17.1. The van der Waals surface area contributed by atoms with Gasteiger partial charge in [0, 0.05) is 0 Å². The van der Waals surface area contributed by atoms with Gasteiger partial charge < -0.3 is 59.1 Å². The Morgan fingerprint density at radius 2 is 0.407 bits per heavy atom. The predicted molar refractivity (Wildman–Crippen MR) is 160 cm³/mol. The van der Waals surface area contributed by atoms with Crippen LogP contribution in [0.1, 0.15) is 0 Å².